The molecule has 0 radical (unpaired) electrons. The van der Waals surface area contributed by atoms with Crippen LogP contribution in [0, 0.1) is 0 Å². The molecule has 25 heavy (non-hydrogen) atoms. The van der Waals surface area contributed by atoms with Gasteiger partial charge in [-0.25, -0.2) is 0 Å². The molecule has 0 unspecified atom stereocenters. The highest BCUT2D eigenvalue weighted by Gasteiger charge is 2.27. The van der Waals surface area contributed by atoms with E-state index in [-0.39, 0.29) is 12.0 Å². The van der Waals surface area contributed by atoms with Crippen molar-refractivity contribution >= 4 is 11.6 Å². The van der Waals surface area contributed by atoms with Crippen LogP contribution in [-0.4, -0.2) is 43.6 Å². The predicted octanol–water partition coefficient (Wildman–Crippen LogP) is 3.04. The standard InChI is InChI=1S/C21H24N2O2/c24-21(23-12-6-10-17-7-4-5-11-19(17)23)16-22-13-14-25-20(15-22)18-8-2-1-3-9-18/h1-5,7-9,11,20H,6,10,12-16H2/t20-/m1/s1. The molecule has 2 aliphatic rings. The second-order valence-electron chi connectivity index (χ2n) is 6.78. The van der Waals surface area contributed by atoms with Gasteiger partial charge in [-0.15, -0.1) is 0 Å². The van der Waals surface area contributed by atoms with Gasteiger partial charge in [0.05, 0.1) is 19.3 Å². The molecule has 0 aromatic heterocycles. The van der Waals surface area contributed by atoms with Crippen LogP contribution in [0.1, 0.15) is 23.7 Å². The van der Waals surface area contributed by atoms with Gasteiger partial charge in [0.1, 0.15) is 0 Å². The predicted molar refractivity (Wildman–Crippen MR) is 98.7 cm³/mol. The first-order valence-electron chi connectivity index (χ1n) is 9.08. The summed E-state index contributed by atoms with van der Waals surface area (Å²) in [7, 11) is 0. The van der Waals surface area contributed by atoms with Crippen molar-refractivity contribution < 1.29 is 9.53 Å². The quantitative estimate of drug-likeness (QED) is 0.864. The van der Waals surface area contributed by atoms with Crippen LogP contribution in [0.2, 0.25) is 0 Å². The number of aryl methyl sites for hydroxylation is 1. The zero-order chi connectivity index (χ0) is 17.1. The van der Waals surface area contributed by atoms with Crippen LogP contribution in [0.5, 0.6) is 0 Å². The van der Waals surface area contributed by atoms with Gasteiger partial charge in [0, 0.05) is 25.3 Å². The third-order valence-corrected chi connectivity index (χ3v) is 5.09. The Kier molecular flexibility index (Phi) is 4.81. The average molecular weight is 336 g/mol. The van der Waals surface area contributed by atoms with E-state index in [4.69, 9.17) is 4.74 Å². The highest BCUT2D eigenvalue weighted by molar-refractivity contribution is 5.95. The Balaban J connectivity index is 1.43. The number of carbonyl (C=O) groups excluding carboxylic acids is 1. The van der Waals surface area contributed by atoms with Crippen LogP contribution in [0.3, 0.4) is 0 Å². The fraction of sp³-hybridized carbons (Fsp3) is 0.381. The molecule has 0 bridgehead atoms. The van der Waals surface area contributed by atoms with E-state index in [1.807, 2.05) is 29.2 Å². The van der Waals surface area contributed by atoms with Gasteiger partial charge >= 0.3 is 0 Å². The van der Waals surface area contributed by atoms with Crippen molar-refractivity contribution in [3.63, 3.8) is 0 Å². The first-order valence-corrected chi connectivity index (χ1v) is 9.08. The average Bonchev–Trinajstić information content (AvgIpc) is 2.68. The Morgan fingerprint density at radius 3 is 2.72 bits per heavy atom. The van der Waals surface area contributed by atoms with Crippen LogP contribution >= 0.6 is 0 Å². The molecule has 0 spiro atoms. The molecule has 2 aromatic rings. The molecule has 2 aromatic carbocycles. The first kappa shape index (κ1) is 16.3. The number of anilines is 1. The maximum Gasteiger partial charge on any atom is 0.241 e. The molecule has 1 fully saturated rings. The molecule has 2 aliphatic heterocycles. The summed E-state index contributed by atoms with van der Waals surface area (Å²) in [5.41, 5.74) is 3.56. The number of hydrogen-bond acceptors (Lipinski definition) is 3. The Morgan fingerprint density at radius 1 is 1.04 bits per heavy atom. The van der Waals surface area contributed by atoms with Gasteiger partial charge in [-0.05, 0) is 30.0 Å². The lowest BCUT2D eigenvalue weighted by Crippen LogP contribution is -2.46. The number of morpholine rings is 1. The molecule has 4 heteroatoms. The number of fused-ring (bicyclic) bond motifs is 1. The number of para-hydroxylation sites is 1. The Bertz CT molecular complexity index is 732. The highest BCUT2D eigenvalue weighted by Crippen LogP contribution is 2.27. The van der Waals surface area contributed by atoms with Gasteiger partial charge in [-0.1, -0.05) is 48.5 Å². The third-order valence-electron chi connectivity index (χ3n) is 5.09. The summed E-state index contributed by atoms with van der Waals surface area (Å²) in [5, 5.41) is 0. The molecule has 0 N–H and O–H groups in total. The molecular formula is C21H24N2O2. The minimum atomic E-state index is 0.0522. The SMILES string of the molecule is O=C(CN1CCO[C@@H](c2ccccc2)C1)N1CCCc2ccccc21. The number of hydrogen-bond donors (Lipinski definition) is 0. The van der Waals surface area contributed by atoms with Gasteiger partial charge in [0.2, 0.25) is 5.91 Å². The zero-order valence-corrected chi connectivity index (χ0v) is 14.4. The first-order chi connectivity index (χ1) is 12.3. The minimum Gasteiger partial charge on any atom is -0.371 e. The smallest absolute Gasteiger partial charge is 0.241 e. The van der Waals surface area contributed by atoms with Gasteiger partial charge in [-0.2, -0.15) is 0 Å². The molecule has 0 aliphatic carbocycles. The Labute approximate surface area is 149 Å². The van der Waals surface area contributed by atoms with Crippen molar-refractivity contribution in [2.75, 3.05) is 37.7 Å². The van der Waals surface area contributed by atoms with Gasteiger partial charge in [0.25, 0.3) is 0 Å². The second kappa shape index (κ2) is 7.38. The summed E-state index contributed by atoms with van der Waals surface area (Å²) in [6.07, 6.45) is 2.16. The molecular weight excluding hydrogens is 312 g/mol. The number of amides is 1. The van der Waals surface area contributed by atoms with Crippen LogP contribution in [0.4, 0.5) is 5.69 Å². The topological polar surface area (TPSA) is 32.8 Å². The summed E-state index contributed by atoms with van der Waals surface area (Å²) in [5.74, 6) is 0.195. The maximum absolute atomic E-state index is 12.9. The molecule has 1 amide bonds. The van der Waals surface area contributed by atoms with Gasteiger partial charge in [-0.3, -0.25) is 9.69 Å². The minimum absolute atomic E-state index is 0.0522. The lowest BCUT2D eigenvalue weighted by molar-refractivity contribution is -0.122. The molecule has 1 saturated heterocycles. The van der Waals surface area contributed by atoms with Crippen LogP contribution in [0.15, 0.2) is 54.6 Å². The van der Waals surface area contributed by atoms with E-state index < -0.39 is 0 Å². The van der Waals surface area contributed by atoms with E-state index in [2.05, 4.69) is 35.2 Å². The van der Waals surface area contributed by atoms with Crippen LogP contribution in [-0.2, 0) is 16.0 Å². The largest absolute Gasteiger partial charge is 0.371 e. The molecule has 0 saturated carbocycles. The van der Waals surface area contributed by atoms with E-state index in [0.717, 1.165) is 38.2 Å². The summed E-state index contributed by atoms with van der Waals surface area (Å²) in [6, 6.07) is 18.5. The van der Waals surface area contributed by atoms with Crippen molar-refractivity contribution in [3.8, 4) is 0 Å². The maximum atomic E-state index is 12.9. The summed E-state index contributed by atoms with van der Waals surface area (Å²) < 4.78 is 5.91. The number of rotatable bonds is 3. The van der Waals surface area contributed by atoms with E-state index >= 15 is 0 Å². The molecule has 4 rings (SSSR count). The summed E-state index contributed by atoms with van der Waals surface area (Å²) in [6.45, 7) is 3.53. The zero-order valence-electron chi connectivity index (χ0n) is 14.4. The molecule has 2 heterocycles. The Hall–Kier alpha value is -2.17. The highest BCUT2D eigenvalue weighted by atomic mass is 16.5. The van der Waals surface area contributed by atoms with Crippen molar-refractivity contribution in [2.24, 2.45) is 0 Å². The normalized spacial score (nSPS) is 21.0. The van der Waals surface area contributed by atoms with E-state index in [9.17, 15) is 4.79 Å². The monoisotopic (exact) mass is 336 g/mol. The number of benzene rings is 2. The van der Waals surface area contributed by atoms with Crippen LogP contribution in [0.25, 0.3) is 0 Å². The Morgan fingerprint density at radius 2 is 1.84 bits per heavy atom. The lowest BCUT2D eigenvalue weighted by Gasteiger charge is -2.35. The van der Waals surface area contributed by atoms with E-state index in [0.29, 0.717) is 13.2 Å². The van der Waals surface area contributed by atoms with E-state index in [1.54, 1.807) is 0 Å². The second-order valence-corrected chi connectivity index (χ2v) is 6.78. The molecule has 4 nitrogen and oxygen atoms in total. The van der Waals surface area contributed by atoms with Gasteiger partial charge in [0.15, 0.2) is 0 Å². The van der Waals surface area contributed by atoms with Gasteiger partial charge < -0.3 is 9.64 Å². The van der Waals surface area contributed by atoms with E-state index in [1.165, 1.54) is 11.1 Å². The lowest BCUT2D eigenvalue weighted by atomic mass is 10.0. The third kappa shape index (κ3) is 3.60. The van der Waals surface area contributed by atoms with Crippen molar-refractivity contribution in [2.45, 2.75) is 18.9 Å². The number of nitrogens with zero attached hydrogens (tertiary/aromatic N) is 2. The molecule has 130 valence electrons. The van der Waals surface area contributed by atoms with Crippen molar-refractivity contribution in [3.05, 3.63) is 65.7 Å². The molecule has 1 atom stereocenters. The van der Waals surface area contributed by atoms with Crippen LogP contribution < -0.4 is 4.90 Å². The summed E-state index contributed by atoms with van der Waals surface area (Å²) >= 11 is 0. The summed E-state index contributed by atoms with van der Waals surface area (Å²) in [4.78, 5) is 17.1. The number of ether oxygens (including phenoxy) is 1. The number of carbonyl (C=O) groups is 1. The van der Waals surface area contributed by atoms with Crippen molar-refractivity contribution in [1.29, 1.82) is 0 Å². The fourth-order valence-electron chi connectivity index (χ4n) is 3.78. The fourth-order valence-corrected chi connectivity index (χ4v) is 3.78. The van der Waals surface area contributed by atoms with Crippen molar-refractivity contribution in [1.82, 2.24) is 4.90 Å².